The summed E-state index contributed by atoms with van der Waals surface area (Å²) in [5, 5.41) is 16.8. The average Bonchev–Trinajstić information content (AvgIpc) is 2.61. The lowest BCUT2D eigenvalue weighted by Gasteiger charge is -2.26. The molecule has 162 valence electrons. The minimum Gasteiger partial charge on any atom is -0.480 e. The Balaban J connectivity index is 5.24. The van der Waals surface area contributed by atoms with Crippen LogP contribution in [0, 0.1) is 11.8 Å². The number of carboxylic acid groups (broad SMARTS) is 1. The van der Waals surface area contributed by atoms with Crippen LogP contribution in [-0.4, -0.2) is 64.5 Å². The lowest BCUT2D eigenvalue weighted by molar-refractivity contribution is -0.143. The maximum absolute atomic E-state index is 12.6. The number of carboxylic acids is 1. The van der Waals surface area contributed by atoms with Gasteiger partial charge in [-0.15, -0.1) is 0 Å². The van der Waals surface area contributed by atoms with Gasteiger partial charge in [0, 0.05) is 11.5 Å². The molecule has 0 saturated heterocycles. The first-order valence-electron chi connectivity index (χ1n) is 9.05. The molecule has 4 atom stereocenters. The largest absolute Gasteiger partial charge is 0.480 e. The van der Waals surface area contributed by atoms with E-state index in [0.717, 1.165) is 0 Å². The molecule has 0 rings (SSSR count). The van der Waals surface area contributed by atoms with Crippen molar-refractivity contribution in [2.45, 2.75) is 58.3 Å². The van der Waals surface area contributed by atoms with Gasteiger partial charge in [-0.25, -0.2) is 4.79 Å². The van der Waals surface area contributed by atoms with Crippen molar-refractivity contribution in [1.82, 2.24) is 16.0 Å². The number of carbonyl (C=O) groups is 4. The Hall–Kier alpha value is -1.46. The topological polar surface area (TPSA) is 151 Å². The first kappa shape index (κ1) is 26.5. The third-order valence-corrected chi connectivity index (χ3v) is 4.68. The van der Waals surface area contributed by atoms with Gasteiger partial charge in [-0.3, -0.25) is 14.4 Å². The van der Waals surface area contributed by atoms with Gasteiger partial charge in [-0.1, -0.05) is 27.7 Å². The lowest BCUT2D eigenvalue weighted by atomic mass is 10.00. The summed E-state index contributed by atoms with van der Waals surface area (Å²) >= 11 is 8.00. The maximum atomic E-state index is 12.6. The van der Waals surface area contributed by atoms with Crippen molar-refractivity contribution in [3.8, 4) is 0 Å². The molecule has 0 spiro atoms. The summed E-state index contributed by atoms with van der Waals surface area (Å²) in [6, 6.07) is -3.90. The Morgan fingerprint density at radius 2 is 1.36 bits per heavy atom. The van der Waals surface area contributed by atoms with Gasteiger partial charge in [0.2, 0.25) is 17.7 Å². The molecule has 0 aliphatic heterocycles. The number of rotatable bonds is 12. The molecule has 4 unspecified atom stereocenters. The van der Waals surface area contributed by atoms with Crippen molar-refractivity contribution >= 4 is 48.9 Å². The van der Waals surface area contributed by atoms with Gasteiger partial charge < -0.3 is 26.8 Å². The second-order valence-corrected chi connectivity index (χ2v) is 8.02. The van der Waals surface area contributed by atoms with Gasteiger partial charge in [0.1, 0.15) is 18.1 Å². The van der Waals surface area contributed by atoms with E-state index < -0.39 is 47.9 Å². The molecular formula is C17H32N4O5S2. The zero-order valence-corrected chi connectivity index (χ0v) is 18.4. The molecule has 0 radical (unpaired) electrons. The van der Waals surface area contributed by atoms with Gasteiger partial charge in [0.25, 0.3) is 0 Å². The van der Waals surface area contributed by atoms with E-state index in [0.29, 0.717) is 6.42 Å². The van der Waals surface area contributed by atoms with Crippen molar-refractivity contribution in [2.75, 3.05) is 11.5 Å². The first-order valence-corrected chi connectivity index (χ1v) is 10.3. The fraction of sp³-hybridized carbons (Fsp3) is 0.765. The zero-order chi connectivity index (χ0) is 22.0. The third-order valence-electron chi connectivity index (χ3n) is 3.92. The lowest BCUT2D eigenvalue weighted by Crippen LogP contribution is -2.58. The van der Waals surface area contributed by atoms with E-state index in [2.05, 4.69) is 41.2 Å². The summed E-state index contributed by atoms with van der Waals surface area (Å²) in [4.78, 5) is 48.4. The van der Waals surface area contributed by atoms with Gasteiger partial charge >= 0.3 is 5.97 Å². The molecule has 0 aromatic heterocycles. The van der Waals surface area contributed by atoms with Crippen molar-refractivity contribution in [3.63, 3.8) is 0 Å². The van der Waals surface area contributed by atoms with Crippen LogP contribution in [0.3, 0.4) is 0 Å². The summed E-state index contributed by atoms with van der Waals surface area (Å²) in [6.45, 7) is 7.08. The van der Waals surface area contributed by atoms with Gasteiger partial charge in [-0.05, 0) is 18.3 Å². The SMILES string of the molecule is CC(C)CC(NC(=O)C(CS)NC(=O)C(N)CS)C(=O)NC(C(=O)O)C(C)C. The van der Waals surface area contributed by atoms with E-state index in [1.54, 1.807) is 13.8 Å². The molecule has 11 heteroatoms. The number of carbonyl (C=O) groups excluding carboxylic acids is 3. The summed E-state index contributed by atoms with van der Waals surface area (Å²) < 4.78 is 0. The second kappa shape index (κ2) is 12.9. The molecule has 0 aromatic carbocycles. The van der Waals surface area contributed by atoms with E-state index in [1.807, 2.05) is 13.8 Å². The number of aliphatic carboxylic acids is 1. The van der Waals surface area contributed by atoms with Crippen molar-refractivity contribution < 1.29 is 24.3 Å². The first-order chi connectivity index (χ1) is 12.9. The fourth-order valence-corrected chi connectivity index (χ4v) is 2.72. The minimum atomic E-state index is -1.15. The van der Waals surface area contributed by atoms with Gasteiger partial charge in [-0.2, -0.15) is 25.3 Å². The Morgan fingerprint density at radius 3 is 1.75 bits per heavy atom. The Morgan fingerprint density at radius 1 is 0.857 bits per heavy atom. The molecular weight excluding hydrogens is 404 g/mol. The van der Waals surface area contributed by atoms with Crippen molar-refractivity contribution in [1.29, 1.82) is 0 Å². The standard InChI is InChI=1S/C17H32N4O5S2/c1-8(2)5-11(15(23)21-13(9(3)4)17(25)26)19-16(24)12(7-28)20-14(22)10(18)6-27/h8-13,27-28H,5-7,18H2,1-4H3,(H,19,24)(H,20,22)(H,21,23)(H,25,26). The van der Waals surface area contributed by atoms with Gasteiger partial charge in [0.15, 0.2) is 0 Å². The highest BCUT2D eigenvalue weighted by Gasteiger charge is 2.31. The number of hydrogen-bond donors (Lipinski definition) is 7. The highest BCUT2D eigenvalue weighted by atomic mass is 32.1. The second-order valence-electron chi connectivity index (χ2n) is 7.29. The number of nitrogens with one attached hydrogen (secondary N) is 3. The van der Waals surface area contributed by atoms with Crippen LogP contribution in [0.25, 0.3) is 0 Å². The molecule has 0 aliphatic carbocycles. The van der Waals surface area contributed by atoms with Crippen LogP contribution in [-0.2, 0) is 19.2 Å². The molecule has 0 aliphatic rings. The summed E-state index contributed by atoms with van der Waals surface area (Å²) in [5.41, 5.74) is 5.58. The van der Waals surface area contributed by atoms with Crippen LogP contribution < -0.4 is 21.7 Å². The van der Waals surface area contributed by atoms with Crippen LogP contribution in [0.1, 0.15) is 34.1 Å². The number of nitrogens with two attached hydrogens (primary N) is 1. The van der Waals surface area contributed by atoms with E-state index in [1.165, 1.54) is 0 Å². The van der Waals surface area contributed by atoms with E-state index in [-0.39, 0.29) is 23.3 Å². The van der Waals surface area contributed by atoms with Crippen molar-refractivity contribution in [2.24, 2.45) is 17.6 Å². The maximum Gasteiger partial charge on any atom is 0.326 e. The van der Waals surface area contributed by atoms with E-state index in [9.17, 15) is 24.3 Å². The number of amides is 3. The fourth-order valence-electron chi connectivity index (χ4n) is 2.30. The molecule has 28 heavy (non-hydrogen) atoms. The molecule has 0 aromatic rings. The molecule has 9 nitrogen and oxygen atoms in total. The number of hydrogen-bond acceptors (Lipinski definition) is 7. The monoisotopic (exact) mass is 436 g/mol. The van der Waals surface area contributed by atoms with Crippen LogP contribution in [0.4, 0.5) is 0 Å². The Bertz CT molecular complexity index is 560. The highest BCUT2D eigenvalue weighted by molar-refractivity contribution is 7.80. The Labute approximate surface area is 176 Å². The third kappa shape index (κ3) is 9.16. The van der Waals surface area contributed by atoms with Crippen LogP contribution in [0.5, 0.6) is 0 Å². The minimum absolute atomic E-state index is 0.00335. The zero-order valence-electron chi connectivity index (χ0n) is 16.6. The van der Waals surface area contributed by atoms with E-state index >= 15 is 0 Å². The molecule has 6 N–H and O–H groups in total. The molecule has 0 fully saturated rings. The summed E-state index contributed by atoms with van der Waals surface area (Å²) in [7, 11) is 0. The predicted octanol–water partition coefficient (Wildman–Crippen LogP) is -0.586. The molecule has 0 saturated carbocycles. The summed E-state index contributed by atoms with van der Waals surface area (Å²) in [5.74, 6) is -3.08. The predicted molar refractivity (Wildman–Crippen MR) is 113 cm³/mol. The summed E-state index contributed by atoms with van der Waals surface area (Å²) in [6.07, 6.45) is 0.297. The average molecular weight is 437 g/mol. The molecule has 0 bridgehead atoms. The van der Waals surface area contributed by atoms with Crippen LogP contribution in [0.15, 0.2) is 0 Å². The molecule has 0 heterocycles. The smallest absolute Gasteiger partial charge is 0.326 e. The van der Waals surface area contributed by atoms with Crippen LogP contribution in [0.2, 0.25) is 0 Å². The quantitative estimate of drug-likeness (QED) is 0.203. The van der Waals surface area contributed by atoms with Crippen LogP contribution >= 0.6 is 25.3 Å². The normalized spacial score (nSPS) is 15.5. The van der Waals surface area contributed by atoms with Gasteiger partial charge in [0.05, 0.1) is 6.04 Å². The highest BCUT2D eigenvalue weighted by Crippen LogP contribution is 2.08. The molecule has 3 amide bonds. The Kier molecular flexibility index (Phi) is 12.2. The van der Waals surface area contributed by atoms with E-state index in [4.69, 9.17) is 5.73 Å². The van der Waals surface area contributed by atoms with Crippen molar-refractivity contribution in [3.05, 3.63) is 0 Å². The number of thiol groups is 2.